The largest absolute Gasteiger partial charge is 0.457 e. The molecule has 0 radical (unpaired) electrons. The summed E-state index contributed by atoms with van der Waals surface area (Å²) in [6.07, 6.45) is 0. The summed E-state index contributed by atoms with van der Waals surface area (Å²) in [4.78, 5) is 0. The monoisotopic (exact) mass is 291 g/mol. The zero-order valence-corrected chi connectivity index (χ0v) is 12.3. The number of furan rings is 1. The van der Waals surface area contributed by atoms with Gasteiger partial charge in [0.25, 0.3) is 0 Å². The highest BCUT2D eigenvalue weighted by molar-refractivity contribution is 7.08. The van der Waals surface area contributed by atoms with Crippen molar-refractivity contribution in [2.24, 2.45) is 0 Å². The van der Waals surface area contributed by atoms with Crippen LogP contribution in [0.3, 0.4) is 0 Å². The Balaban J connectivity index is 2.12. The minimum atomic E-state index is 0.0646. The van der Waals surface area contributed by atoms with Crippen LogP contribution in [0.2, 0.25) is 5.02 Å². The molecule has 2 heterocycles. The number of fused-ring (bicyclic) bond motifs is 1. The van der Waals surface area contributed by atoms with Gasteiger partial charge in [0.1, 0.15) is 5.76 Å². The molecule has 3 rings (SSSR count). The van der Waals surface area contributed by atoms with E-state index >= 15 is 0 Å². The standard InChI is InChI=1S/C15H14ClNOS/c1-9-7-19-8-11(9)14(17-2)13-6-10-4-3-5-12(16)15(10)18-13/h3-8,14,17H,1-2H3. The third kappa shape index (κ3) is 2.18. The van der Waals surface area contributed by atoms with Crippen molar-refractivity contribution in [3.05, 3.63) is 56.9 Å². The first-order valence-corrected chi connectivity index (χ1v) is 7.40. The molecule has 98 valence electrons. The summed E-state index contributed by atoms with van der Waals surface area (Å²) in [5, 5.41) is 9.31. The Morgan fingerprint density at radius 3 is 2.79 bits per heavy atom. The van der Waals surface area contributed by atoms with Crippen LogP contribution in [0.5, 0.6) is 0 Å². The van der Waals surface area contributed by atoms with Crippen molar-refractivity contribution in [3.8, 4) is 0 Å². The number of rotatable bonds is 3. The topological polar surface area (TPSA) is 25.2 Å². The van der Waals surface area contributed by atoms with Gasteiger partial charge in [-0.25, -0.2) is 0 Å². The highest BCUT2D eigenvalue weighted by Crippen LogP contribution is 2.33. The summed E-state index contributed by atoms with van der Waals surface area (Å²) in [7, 11) is 1.94. The second-order valence-corrected chi connectivity index (χ2v) is 5.69. The van der Waals surface area contributed by atoms with E-state index < -0.39 is 0 Å². The van der Waals surface area contributed by atoms with Crippen LogP contribution in [0.4, 0.5) is 0 Å². The molecule has 1 aromatic carbocycles. The predicted molar refractivity (Wildman–Crippen MR) is 81.2 cm³/mol. The molecule has 19 heavy (non-hydrogen) atoms. The highest BCUT2D eigenvalue weighted by atomic mass is 35.5. The molecule has 0 aliphatic heterocycles. The minimum absolute atomic E-state index is 0.0646. The molecule has 2 nitrogen and oxygen atoms in total. The molecule has 0 amide bonds. The Morgan fingerprint density at radius 2 is 2.16 bits per heavy atom. The zero-order chi connectivity index (χ0) is 13.4. The molecule has 0 fully saturated rings. The van der Waals surface area contributed by atoms with Crippen molar-refractivity contribution in [1.82, 2.24) is 5.32 Å². The SMILES string of the molecule is CNC(c1cc2cccc(Cl)c2o1)c1cscc1C. The van der Waals surface area contributed by atoms with Crippen molar-refractivity contribution >= 4 is 33.9 Å². The van der Waals surface area contributed by atoms with Gasteiger partial charge in [-0.1, -0.05) is 23.7 Å². The maximum atomic E-state index is 6.16. The molecule has 0 aliphatic rings. The predicted octanol–water partition coefficient (Wildman–Crippen LogP) is 4.76. The summed E-state index contributed by atoms with van der Waals surface area (Å²) in [6.45, 7) is 2.12. The quantitative estimate of drug-likeness (QED) is 0.752. The van der Waals surface area contributed by atoms with Gasteiger partial charge < -0.3 is 9.73 Å². The number of nitrogens with one attached hydrogen (secondary N) is 1. The average molecular weight is 292 g/mol. The van der Waals surface area contributed by atoms with Gasteiger partial charge >= 0.3 is 0 Å². The van der Waals surface area contributed by atoms with Gasteiger partial charge in [0.05, 0.1) is 11.1 Å². The lowest BCUT2D eigenvalue weighted by Crippen LogP contribution is -2.17. The number of aryl methyl sites for hydroxylation is 1. The van der Waals surface area contributed by atoms with Gasteiger partial charge in [-0.15, -0.1) is 0 Å². The fraction of sp³-hybridized carbons (Fsp3) is 0.200. The lowest BCUT2D eigenvalue weighted by molar-refractivity contribution is 0.491. The van der Waals surface area contributed by atoms with Crippen molar-refractivity contribution < 1.29 is 4.42 Å². The number of thiophene rings is 1. The fourth-order valence-electron chi connectivity index (χ4n) is 2.31. The molecule has 1 N–H and O–H groups in total. The molecule has 0 aliphatic carbocycles. The molecule has 1 unspecified atom stereocenters. The second kappa shape index (κ2) is 5.00. The molecule has 2 aromatic heterocycles. The maximum absolute atomic E-state index is 6.16. The molecule has 0 spiro atoms. The van der Waals surface area contributed by atoms with Crippen LogP contribution in [0.1, 0.15) is 22.9 Å². The van der Waals surface area contributed by atoms with Gasteiger partial charge in [0.2, 0.25) is 0 Å². The van der Waals surface area contributed by atoms with Gasteiger partial charge in [-0.05, 0) is 48.0 Å². The number of hydrogen-bond acceptors (Lipinski definition) is 3. The minimum Gasteiger partial charge on any atom is -0.457 e. The summed E-state index contributed by atoms with van der Waals surface area (Å²) in [5.74, 6) is 0.895. The first kappa shape index (κ1) is 12.7. The normalized spacial score (nSPS) is 13.0. The van der Waals surface area contributed by atoms with Crippen molar-refractivity contribution in [2.45, 2.75) is 13.0 Å². The molecule has 3 aromatic rings. The Bertz CT molecular complexity index is 716. The van der Waals surface area contributed by atoms with Crippen LogP contribution in [-0.4, -0.2) is 7.05 Å². The molecular formula is C15H14ClNOS. The second-order valence-electron chi connectivity index (χ2n) is 4.54. The Kier molecular flexibility index (Phi) is 3.35. The molecule has 0 saturated carbocycles. The summed E-state index contributed by atoms with van der Waals surface area (Å²) < 4.78 is 5.94. The lowest BCUT2D eigenvalue weighted by atomic mass is 10.0. The molecule has 0 saturated heterocycles. The first-order chi connectivity index (χ1) is 9.20. The van der Waals surface area contributed by atoms with Crippen LogP contribution in [0.15, 0.2) is 39.4 Å². The fourth-order valence-corrected chi connectivity index (χ4v) is 3.40. The van der Waals surface area contributed by atoms with E-state index in [0.717, 1.165) is 16.7 Å². The van der Waals surface area contributed by atoms with Crippen LogP contribution in [0.25, 0.3) is 11.0 Å². The lowest BCUT2D eigenvalue weighted by Gasteiger charge is -2.13. The van der Waals surface area contributed by atoms with Crippen molar-refractivity contribution in [3.63, 3.8) is 0 Å². The highest BCUT2D eigenvalue weighted by Gasteiger charge is 2.19. The van der Waals surface area contributed by atoms with E-state index in [1.165, 1.54) is 11.1 Å². The number of para-hydroxylation sites is 1. The third-order valence-corrected chi connectivity index (χ3v) is 4.47. The maximum Gasteiger partial charge on any atom is 0.152 e. The van der Waals surface area contributed by atoms with E-state index in [2.05, 4.69) is 29.1 Å². The summed E-state index contributed by atoms with van der Waals surface area (Å²) in [6, 6.07) is 7.92. The van der Waals surface area contributed by atoms with Gasteiger partial charge in [0.15, 0.2) is 5.58 Å². The average Bonchev–Trinajstić information content (AvgIpc) is 2.99. The third-order valence-electron chi connectivity index (χ3n) is 3.29. The smallest absolute Gasteiger partial charge is 0.152 e. The van der Waals surface area contributed by atoms with E-state index in [1.807, 2.05) is 25.2 Å². The van der Waals surface area contributed by atoms with E-state index in [1.54, 1.807) is 11.3 Å². The van der Waals surface area contributed by atoms with Gasteiger partial charge in [-0.2, -0.15) is 11.3 Å². The molecule has 0 bridgehead atoms. The molecular weight excluding hydrogens is 278 g/mol. The Labute approximate surface area is 121 Å². The van der Waals surface area contributed by atoms with Crippen molar-refractivity contribution in [1.29, 1.82) is 0 Å². The van der Waals surface area contributed by atoms with Gasteiger partial charge in [0, 0.05) is 5.39 Å². The summed E-state index contributed by atoms with van der Waals surface area (Å²) >= 11 is 7.87. The van der Waals surface area contributed by atoms with E-state index in [-0.39, 0.29) is 6.04 Å². The number of halogens is 1. The van der Waals surface area contributed by atoms with E-state index in [4.69, 9.17) is 16.0 Å². The Morgan fingerprint density at radius 1 is 1.32 bits per heavy atom. The summed E-state index contributed by atoms with van der Waals surface area (Å²) in [5.41, 5.74) is 3.28. The number of hydrogen-bond donors (Lipinski definition) is 1. The van der Waals surface area contributed by atoms with Crippen LogP contribution in [0, 0.1) is 6.92 Å². The van der Waals surface area contributed by atoms with Crippen LogP contribution in [-0.2, 0) is 0 Å². The first-order valence-electron chi connectivity index (χ1n) is 6.08. The molecule has 1 atom stereocenters. The van der Waals surface area contributed by atoms with Crippen molar-refractivity contribution in [2.75, 3.05) is 7.05 Å². The van der Waals surface area contributed by atoms with Gasteiger partial charge in [-0.3, -0.25) is 0 Å². The molecule has 4 heteroatoms. The van der Waals surface area contributed by atoms with Crippen LogP contribution < -0.4 is 5.32 Å². The zero-order valence-electron chi connectivity index (χ0n) is 10.7. The Hall–Kier alpha value is -1.29. The van der Waals surface area contributed by atoms with Crippen LogP contribution >= 0.6 is 22.9 Å². The van der Waals surface area contributed by atoms with E-state index in [9.17, 15) is 0 Å². The van der Waals surface area contributed by atoms with E-state index in [0.29, 0.717) is 5.02 Å². The number of benzene rings is 1.